The quantitative estimate of drug-likeness (QED) is 0.835. The first-order valence-electron chi connectivity index (χ1n) is 7.43. The Balaban J connectivity index is 1.70. The van der Waals surface area contributed by atoms with Crippen LogP contribution in [0.25, 0.3) is 0 Å². The van der Waals surface area contributed by atoms with E-state index in [-0.39, 0.29) is 18.0 Å². The highest BCUT2D eigenvalue weighted by molar-refractivity contribution is 9.11. The van der Waals surface area contributed by atoms with Gasteiger partial charge in [-0.1, -0.05) is 0 Å². The number of aryl methyl sites for hydroxylation is 1. The highest BCUT2D eigenvalue weighted by Gasteiger charge is 2.30. The number of thiophene rings is 1. The summed E-state index contributed by atoms with van der Waals surface area (Å²) in [5, 5.41) is 13.1. The Morgan fingerprint density at radius 3 is 3.14 bits per heavy atom. The molecule has 2 aromatic heterocycles. The Labute approximate surface area is 142 Å². The standard InChI is InChI=1S/C15H19BrN4OS/c1-2-20-8-11(7-18-20)15-12(3-4-14(21)19-15)17-6-10-5-13(16)22-9-10/h5,7-9,12,15,17H,2-4,6H2,1H3,(H,19,21)/t12-,15+/m1/s1. The van der Waals surface area contributed by atoms with E-state index < -0.39 is 0 Å². The maximum absolute atomic E-state index is 11.8. The molecule has 1 aliphatic rings. The van der Waals surface area contributed by atoms with Crippen molar-refractivity contribution in [2.45, 2.75) is 44.9 Å². The van der Waals surface area contributed by atoms with Crippen molar-refractivity contribution in [3.05, 3.63) is 38.8 Å². The number of halogens is 1. The first-order chi connectivity index (χ1) is 10.7. The third-order valence-corrected chi connectivity index (χ3v) is 5.48. The lowest BCUT2D eigenvalue weighted by Crippen LogP contribution is -2.48. The van der Waals surface area contributed by atoms with Crippen LogP contribution >= 0.6 is 27.3 Å². The molecule has 5 nitrogen and oxygen atoms in total. The van der Waals surface area contributed by atoms with Crippen LogP contribution in [0.5, 0.6) is 0 Å². The van der Waals surface area contributed by atoms with Gasteiger partial charge in [-0.2, -0.15) is 5.10 Å². The predicted octanol–water partition coefficient (Wildman–Crippen LogP) is 2.84. The smallest absolute Gasteiger partial charge is 0.220 e. The van der Waals surface area contributed by atoms with E-state index in [2.05, 4.69) is 50.0 Å². The molecule has 2 atom stereocenters. The second-order valence-electron chi connectivity index (χ2n) is 5.46. The minimum absolute atomic E-state index is 0.0105. The zero-order valence-electron chi connectivity index (χ0n) is 12.4. The van der Waals surface area contributed by atoms with Crippen molar-refractivity contribution in [2.24, 2.45) is 0 Å². The van der Waals surface area contributed by atoms with Crippen LogP contribution in [0.15, 0.2) is 27.6 Å². The van der Waals surface area contributed by atoms with E-state index in [1.165, 1.54) is 5.56 Å². The van der Waals surface area contributed by atoms with Crippen molar-refractivity contribution in [2.75, 3.05) is 0 Å². The molecule has 0 aliphatic carbocycles. The fraction of sp³-hybridized carbons (Fsp3) is 0.467. The normalized spacial score (nSPS) is 21.8. The molecule has 1 fully saturated rings. The van der Waals surface area contributed by atoms with Crippen molar-refractivity contribution in [3.63, 3.8) is 0 Å². The predicted molar refractivity (Wildman–Crippen MR) is 90.7 cm³/mol. The Hall–Kier alpha value is -1.18. The number of amides is 1. The number of nitrogens with zero attached hydrogens (tertiary/aromatic N) is 2. The third-order valence-electron chi connectivity index (χ3n) is 3.93. The molecule has 0 spiro atoms. The highest BCUT2D eigenvalue weighted by Crippen LogP contribution is 2.25. The molecular weight excluding hydrogens is 364 g/mol. The number of hydrogen-bond donors (Lipinski definition) is 2. The average molecular weight is 383 g/mol. The maximum Gasteiger partial charge on any atom is 0.220 e. The zero-order valence-corrected chi connectivity index (χ0v) is 14.8. The summed E-state index contributed by atoms with van der Waals surface area (Å²) in [6, 6.07) is 2.35. The maximum atomic E-state index is 11.8. The molecule has 22 heavy (non-hydrogen) atoms. The van der Waals surface area contributed by atoms with Crippen molar-refractivity contribution in [1.29, 1.82) is 0 Å². The van der Waals surface area contributed by atoms with E-state index in [4.69, 9.17) is 0 Å². The molecule has 0 aromatic carbocycles. The van der Waals surface area contributed by atoms with Gasteiger partial charge in [0.05, 0.1) is 16.0 Å². The number of aromatic nitrogens is 2. The first kappa shape index (κ1) is 15.7. The SMILES string of the molecule is CCn1cc([C@@H]2NC(=O)CC[C@H]2NCc2csc(Br)c2)cn1. The number of hydrogen-bond acceptors (Lipinski definition) is 4. The van der Waals surface area contributed by atoms with Gasteiger partial charge in [-0.3, -0.25) is 9.48 Å². The van der Waals surface area contributed by atoms with Crippen molar-refractivity contribution in [1.82, 2.24) is 20.4 Å². The summed E-state index contributed by atoms with van der Waals surface area (Å²) in [6.07, 6.45) is 5.30. The van der Waals surface area contributed by atoms with E-state index in [1.54, 1.807) is 11.3 Å². The average Bonchev–Trinajstić information content (AvgIpc) is 3.14. The van der Waals surface area contributed by atoms with Crippen molar-refractivity contribution < 1.29 is 4.79 Å². The van der Waals surface area contributed by atoms with Gasteiger partial charge in [0.1, 0.15) is 0 Å². The van der Waals surface area contributed by atoms with Crippen LogP contribution in [0, 0.1) is 0 Å². The monoisotopic (exact) mass is 382 g/mol. The number of carbonyl (C=O) groups excluding carboxylic acids is 1. The summed E-state index contributed by atoms with van der Waals surface area (Å²) in [5.41, 5.74) is 2.33. The molecule has 0 radical (unpaired) electrons. The molecule has 1 saturated heterocycles. The molecule has 3 heterocycles. The second kappa shape index (κ2) is 6.93. The van der Waals surface area contributed by atoms with Crippen LogP contribution in [0.4, 0.5) is 0 Å². The van der Waals surface area contributed by atoms with Gasteiger partial charge in [0.2, 0.25) is 5.91 Å². The van der Waals surface area contributed by atoms with Gasteiger partial charge >= 0.3 is 0 Å². The molecule has 1 amide bonds. The van der Waals surface area contributed by atoms with Crippen LogP contribution in [-0.4, -0.2) is 21.7 Å². The summed E-state index contributed by atoms with van der Waals surface area (Å²) < 4.78 is 3.03. The lowest BCUT2D eigenvalue weighted by atomic mass is 9.93. The first-order valence-corrected chi connectivity index (χ1v) is 9.11. The van der Waals surface area contributed by atoms with Gasteiger partial charge < -0.3 is 10.6 Å². The van der Waals surface area contributed by atoms with Gasteiger partial charge in [-0.05, 0) is 46.3 Å². The van der Waals surface area contributed by atoms with E-state index in [1.807, 2.05) is 17.1 Å². The molecular formula is C15H19BrN4OS. The Morgan fingerprint density at radius 1 is 1.59 bits per heavy atom. The van der Waals surface area contributed by atoms with Gasteiger partial charge in [0.15, 0.2) is 0 Å². The largest absolute Gasteiger partial charge is 0.348 e. The van der Waals surface area contributed by atoms with Crippen molar-refractivity contribution in [3.8, 4) is 0 Å². The molecule has 2 aromatic rings. The minimum Gasteiger partial charge on any atom is -0.348 e. The molecule has 0 bridgehead atoms. The van der Waals surface area contributed by atoms with Crippen LogP contribution < -0.4 is 10.6 Å². The van der Waals surface area contributed by atoms with E-state index in [0.717, 1.165) is 28.9 Å². The van der Waals surface area contributed by atoms with Crippen molar-refractivity contribution >= 4 is 33.2 Å². The highest BCUT2D eigenvalue weighted by atomic mass is 79.9. The summed E-state index contributed by atoms with van der Waals surface area (Å²) >= 11 is 5.18. The topological polar surface area (TPSA) is 59.0 Å². The molecule has 3 rings (SSSR count). The molecule has 0 unspecified atom stereocenters. The number of carbonyl (C=O) groups is 1. The van der Waals surface area contributed by atoms with Crippen LogP contribution in [-0.2, 0) is 17.9 Å². The summed E-state index contributed by atoms with van der Waals surface area (Å²) in [5.74, 6) is 0.116. The Bertz CT molecular complexity index is 654. The third kappa shape index (κ3) is 3.59. The molecule has 0 saturated carbocycles. The number of piperidine rings is 1. The van der Waals surface area contributed by atoms with E-state index in [0.29, 0.717) is 6.42 Å². The Morgan fingerprint density at radius 2 is 2.45 bits per heavy atom. The van der Waals surface area contributed by atoms with Gasteiger partial charge in [-0.25, -0.2) is 0 Å². The second-order valence-corrected chi connectivity index (χ2v) is 7.75. The zero-order chi connectivity index (χ0) is 15.5. The number of nitrogens with one attached hydrogen (secondary N) is 2. The van der Waals surface area contributed by atoms with Crippen LogP contribution in [0.2, 0.25) is 0 Å². The fourth-order valence-corrected chi connectivity index (χ4v) is 3.94. The van der Waals surface area contributed by atoms with Crippen LogP contribution in [0.3, 0.4) is 0 Å². The lowest BCUT2D eigenvalue weighted by Gasteiger charge is -2.32. The molecule has 1 aliphatic heterocycles. The Kier molecular flexibility index (Phi) is 4.95. The minimum atomic E-state index is -0.0105. The lowest BCUT2D eigenvalue weighted by molar-refractivity contribution is -0.123. The summed E-state index contributed by atoms with van der Waals surface area (Å²) in [4.78, 5) is 11.8. The van der Waals surface area contributed by atoms with Crippen LogP contribution in [0.1, 0.15) is 36.9 Å². The summed E-state index contributed by atoms with van der Waals surface area (Å²) in [7, 11) is 0. The molecule has 7 heteroatoms. The van der Waals surface area contributed by atoms with Gasteiger partial charge in [0.25, 0.3) is 0 Å². The van der Waals surface area contributed by atoms with Gasteiger partial charge in [-0.15, -0.1) is 11.3 Å². The summed E-state index contributed by atoms with van der Waals surface area (Å²) in [6.45, 7) is 3.70. The molecule has 2 N–H and O–H groups in total. The van der Waals surface area contributed by atoms with E-state index >= 15 is 0 Å². The fourth-order valence-electron chi connectivity index (χ4n) is 2.74. The van der Waals surface area contributed by atoms with E-state index in [9.17, 15) is 4.79 Å². The number of rotatable bonds is 5. The molecule has 118 valence electrons. The van der Waals surface area contributed by atoms with Gasteiger partial charge in [0, 0.05) is 37.3 Å².